The molecule has 22 heavy (non-hydrogen) atoms. The van der Waals surface area contributed by atoms with Gasteiger partial charge in [-0.3, -0.25) is 4.79 Å². The SMILES string of the molecule is CCCCCCCCCCCCCCCC(C)C(C)C(=O)O. The van der Waals surface area contributed by atoms with Crippen LogP contribution in [0.3, 0.4) is 0 Å². The Labute approximate surface area is 139 Å². The third-order valence-electron chi connectivity index (χ3n) is 5.01. The molecule has 0 aliphatic heterocycles. The summed E-state index contributed by atoms with van der Waals surface area (Å²) >= 11 is 0. The highest BCUT2D eigenvalue weighted by Gasteiger charge is 2.18. The minimum Gasteiger partial charge on any atom is -0.481 e. The number of rotatable bonds is 16. The summed E-state index contributed by atoms with van der Waals surface area (Å²) in [7, 11) is 0. The summed E-state index contributed by atoms with van der Waals surface area (Å²) < 4.78 is 0. The molecule has 0 spiro atoms. The lowest BCUT2D eigenvalue weighted by Crippen LogP contribution is -2.17. The maximum atomic E-state index is 10.9. The summed E-state index contributed by atoms with van der Waals surface area (Å²) in [5.74, 6) is -0.537. The number of carboxylic acids is 1. The van der Waals surface area contributed by atoms with E-state index in [0.717, 1.165) is 6.42 Å². The average molecular weight is 313 g/mol. The Kier molecular flexibility index (Phi) is 15.0. The second kappa shape index (κ2) is 15.4. The fraction of sp³-hybridized carbons (Fsp3) is 0.950. The number of hydrogen-bond donors (Lipinski definition) is 1. The molecule has 132 valence electrons. The summed E-state index contributed by atoms with van der Waals surface area (Å²) in [4.78, 5) is 10.9. The Morgan fingerprint density at radius 3 is 1.45 bits per heavy atom. The molecule has 0 aliphatic rings. The molecule has 0 aromatic rings. The van der Waals surface area contributed by atoms with Crippen LogP contribution in [0.1, 0.15) is 111 Å². The summed E-state index contributed by atoms with van der Waals surface area (Å²) in [6, 6.07) is 0. The van der Waals surface area contributed by atoms with Crippen LogP contribution in [-0.4, -0.2) is 11.1 Å². The first-order valence-corrected chi connectivity index (χ1v) is 9.82. The Hall–Kier alpha value is -0.530. The summed E-state index contributed by atoms with van der Waals surface area (Å²) in [5, 5.41) is 8.96. The largest absolute Gasteiger partial charge is 0.481 e. The molecular weight excluding hydrogens is 272 g/mol. The molecule has 2 atom stereocenters. The second-order valence-electron chi connectivity index (χ2n) is 7.14. The lowest BCUT2D eigenvalue weighted by atomic mass is 9.90. The van der Waals surface area contributed by atoms with Gasteiger partial charge in [0.05, 0.1) is 5.92 Å². The van der Waals surface area contributed by atoms with E-state index in [1.54, 1.807) is 0 Å². The molecule has 0 saturated heterocycles. The predicted octanol–water partition coefficient (Wildman–Crippen LogP) is 6.82. The summed E-state index contributed by atoms with van der Waals surface area (Å²) in [5.41, 5.74) is 0. The van der Waals surface area contributed by atoms with Gasteiger partial charge in [0.1, 0.15) is 0 Å². The minimum atomic E-state index is -0.651. The van der Waals surface area contributed by atoms with Crippen molar-refractivity contribution in [2.24, 2.45) is 11.8 Å². The first kappa shape index (κ1) is 21.5. The van der Waals surface area contributed by atoms with Crippen molar-refractivity contribution in [3.8, 4) is 0 Å². The van der Waals surface area contributed by atoms with Crippen LogP contribution in [-0.2, 0) is 4.79 Å². The van der Waals surface area contributed by atoms with Crippen molar-refractivity contribution in [1.29, 1.82) is 0 Å². The first-order chi connectivity index (χ1) is 10.6. The Bertz CT molecular complexity index is 250. The Balaban J connectivity index is 3.19. The zero-order valence-corrected chi connectivity index (χ0v) is 15.4. The number of carboxylic acid groups (broad SMARTS) is 1. The molecule has 0 aliphatic carbocycles. The van der Waals surface area contributed by atoms with Crippen molar-refractivity contribution < 1.29 is 9.90 Å². The molecule has 0 amide bonds. The number of unbranched alkanes of at least 4 members (excludes halogenated alkanes) is 12. The van der Waals surface area contributed by atoms with E-state index in [2.05, 4.69) is 13.8 Å². The zero-order valence-electron chi connectivity index (χ0n) is 15.4. The molecule has 2 unspecified atom stereocenters. The highest BCUT2D eigenvalue weighted by atomic mass is 16.4. The number of hydrogen-bond acceptors (Lipinski definition) is 1. The van der Waals surface area contributed by atoms with Gasteiger partial charge < -0.3 is 5.11 Å². The standard InChI is InChI=1S/C20H40O2/c1-4-5-6-7-8-9-10-11-12-13-14-15-16-17-18(2)19(3)20(21)22/h18-19H,4-17H2,1-3H3,(H,21,22). The topological polar surface area (TPSA) is 37.3 Å². The van der Waals surface area contributed by atoms with Gasteiger partial charge in [-0.15, -0.1) is 0 Å². The highest BCUT2D eigenvalue weighted by Crippen LogP contribution is 2.19. The van der Waals surface area contributed by atoms with E-state index in [4.69, 9.17) is 5.11 Å². The van der Waals surface area contributed by atoms with Gasteiger partial charge >= 0.3 is 5.97 Å². The molecule has 2 nitrogen and oxygen atoms in total. The van der Waals surface area contributed by atoms with Crippen LogP contribution in [0.15, 0.2) is 0 Å². The van der Waals surface area contributed by atoms with E-state index < -0.39 is 5.97 Å². The normalized spacial score (nSPS) is 14.0. The van der Waals surface area contributed by atoms with Crippen molar-refractivity contribution in [1.82, 2.24) is 0 Å². The molecule has 0 rings (SSSR count). The van der Waals surface area contributed by atoms with Crippen LogP contribution < -0.4 is 0 Å². The van der Waals surface area contributed by atoms with Gasteiger partial charge in [-0.1, -0.05) is 104 Å². The van der Waals surface area contributed by atoms with Gasteiger partial charge in [0, 0.05) is 0 Å². The summed E-state index contributed by atoms with van der Waals surface area (Å²) in [6.45, 7) is 6.17. The second-order valence-corrected chi connectivity index (χ2v) is 7.14. The maximum Gasteiger partial charge on any atom is 0.306 e. The average Bonchev–Trinajstić information content (AvgIpc) is 2.50. The maximum absolute atomic E-state index is 10.9. The van der Waals surface area contributed by atoms with Crippen LogP contribution in [0.25, 0.3) is 0 Å². The van der Waals surface area contributed by atoms with E-state index >= 15 is 0 Å². The molecule has 0 saturated carbocycles. The minimum absolute atomic E-state index is 0.197. The van der Waals surface area contributed by atoms with E-state index in [1.807, 2.05) is 6.92 Å². The van der Waals surface area contributed by atoms with Crippen molar-refractivity contribution in [2.45, 2.75) is 111 Å². The number of aliphatic carboxylic acids is 1. The lowest BCUT2D eigenvalue weighted by molar-refractivity contribution is -0.142. The van der Waals surface area contributed by atoms with Crippen LogP contribution in [0, 0.1) is 11.8 Å². The molecule has 0 aromatic heterocycles. The monoisotopic (exact) mass is 312 g/mol. The van der Waals surface area contributed by atoms with Crippen LogP contribution >= 0.6 is 0 Å². The predicted molar refractivity (Wildman–Crippen MR) is 96.3 cm³/mol. The highest BCUT2D eigenvalue weighted by molar-refractivity contribution is 5.69. The van der Waals surface area contributed by atoms with Crippen molar-refractivity contribution in [2.75, 3.05) is 0 Å². The molecule has 0 bridgehead atoms. The van der Waals surface area contributed by atoms with Crippen LogP contribution in [0.4, 0.5) is 0 Å². The van der Waals surface area contributed by atoms with Gasteiger partial charge in [0.15, 0.2) is 0 Å². The Morgan fingerprint density at radius 1 is 0.727 bits per heavy atom. The third kappa shape index (κ3) is 13.2. The quantitative estimate of drug-likeness (QED) is 0.317. The molecule has 0 aromatic carbocycles. The Morgan fingerprint density at radius 2 is 1.09 bits per heavy atom. The van der Waals surface area contributed by atoms with Crippen molar-refractivity contribution in [3.63, 3.8) is 0 Å². The molecule has 2 heteroatoms. The fourth-order valence-electron chi connectivity index (χ4n) is 2.98. The molecule has 0 radical (unpaired) electrons. The zero-order chi connectivity index (χ0) is 16.6. The van der Waals surface area contributed by atoms with Crippen LogP contribution in [0.2, 0.25) is 0 Å². The molecule has 1 N–H and O–H groups in total. The van der Waals surface area contributed by atoms with Gasteiger partial charge in [-0.25, -0.2) is 0 Å². The van der Waals surface area contributed by atoms with Crippen LogP contribution in [0.5, 0.6) is 0 Å². The van der Waals surface area contributed by atoms with Gasteiger partial charge in [0.25, 0.3) is 0 Å². The molecular formula is C20H40O2. The van der Waals surface area contributed by atoms with Gasteiger partial charge in [-0.2, -0.15) is 0 Å². The third-order valence-corrected chi connectivity index (χ3v) is 5.01. The summed E-state index contributed by atoms with van der Waals surface area (Å²) in [6.07, 6.45) is 18.9. The van der Waals surface area contributed by atoms with Gasteiger partial charge in [-0.05, 0) is 12.3 Å². The van der Waals surface area contributed by atoms with E-state index in [0.29, 0.717) is 5.92 Å². The lowest BCUT2D eigenvalue weighted by Gasteiger charge is -2.15. The fourth-order valence-corrected chi connectivity index (χ4v) is 2.98. The smallest absolute Gasteiger partial charge is 0.306 e. The van der Waals surface area contributed by atoms with E-state index in [1.165, 1.54) is 83.5 Å². The number of carbonyl (C=O) groups is 1. The van der Waals surface area contributed by atoms with Crippen molar-refractivity contribution >= 4 is 5.97 Å². The first-order valence-electron chi connectivity index (χ1n) is 9.82. The van der Waals surface area contributed by atoms with E-state index in [-0.39, 0.29) is 5.92 Å². The van der Waals surface area contributed by atoms with E-state index in [9.17, 15) is 4.79 Å². The van der Waals surface area contributed by atoms with Crippen molar-refractivity contribution in [3.05, 3.63) is 0 Å². The van der Waals surface area contributed by atoms with Gasteiger partial charge in [0.2, 0.25) is 0 Å². The molecule has 0 heterocycles. The molecule has 0 fully saturated rings.